The Labute approximate surface area is 134 Å². The summed E-state index contributed by atoms with van der Waals surface area (Å²) in [7, 11) is 2.41. The zero-order chi connectivity index (χ0) is 15.9. The number of fused-ring (bicyclic) bond motifs is 1. The number of hydrogen-bond acceptors (Lipinski definition) is 2. The summed E-state index contributed by atoms with van der Waals surface area (Å²) in [6.07, 6.45) is 5.94. The van der Waals surface area contributed by atoms with Crippen LogP contribution in [0.2, 0.25) is 0 Å². The molecule has 3 nitrogen and oxygen atoms in total. The van der Waals surface area contributed by atoms with Crippen LogP contribution in [-0.4, -0.2) is 40.4 Å². The highest BCUT2D eigenvalue weighted by Crippen LogP contribution is 2.44. The number of quaternary nitrogens is 1. The van der Waals surface area contributed by atoms with Gasteiger partial charge in [0, 0.05) is 24.3 Å². The Bertz CT molecular complexity index is 524. The van der Waals surface area contributed by atoms with E-state index in [1.807, 2.05) is 0 Å². The van der Waals surface area contributed by atoms with Gasteiger partial charge in [-0.05, 0) is 37.3 Å². The van der Waals surface area contributed by atoms with Gasteiger partial charge in [-0.1, -0.05) is 19.9 Å². The van der Waals surface area contributed by atoms with E-state index in [1.54, 1.807) is 18.2 Å². The van der Waals surface area contributed by atoms with E-state index in [0.29, 0.717) is 12.0 Å². The fourth-order valence-electron chi connectivity index (χ4n) is 5.08. The molecule has 5 atom stereocenters. The average Bonchev–Trinajstić information content (AvgIpc) is 2.48. The smallest absolute Gasteiger partial charge is 0.122 e. The van der Waals surface area contributed by atoms with Gasteiger partial charge >= 0.3 is 0 Å². The predicted octanol–water partition coefficient (Wildman–Crippen LogP) is 3.68. The Balaban J connectivity index is 1.91. The van der Waals surface area contributed by atoms with Gasteiger partial charge in [-0.2, -0.15) is 0 Å². The number of benzene rings is 1. The van der Waals surface area contributed by atoms with Crippen LogP contribution < -0.4 is 0 Å². The highest BCUT2D eigenvalue weighted by molar-refractivity contribution is 5.43. The molecule has 0 spiro atoms. The predicted molar refractivity (Wildman–Crippen MR) is 88.9 cm³/mol. The third-order valence-electron chi connectivity index (χ3n) is 6.70. The minimum Gasteiger partial charge on any atom is -0.508 e. The van der Waals surface area contributed by atoms with Gasteiger partial charge in [0.05, 0.1) is 25.7 Å². The maximum Gasteiger partial charge on any atom is 0.122 e. The average molecular weight is 304 g/mol. The molecule has 22 heavy (non-hydrogen) atoms. The normalized spacial score (nSPS) is 38.5. The van der Waals surface area contributed by atoms with Gasteiger partial charge in [0.25, 0.3) is 0 Å². The Kier molecular flexibility index (Phi) is 4.11. The first-order valence-corrected chi connectivity index (χ1v) is 8.78. The highest BCUT2D eigenvalue weighted by Gasteiger charge is 2.50. The van der Waals surface area contributed by atoms with Gasteiger partial charge in [0.2, 0.25) is 0 Å². The maximum absolute atomic E-state index is 10.2. The molecule has 2 N–H and O–H groups in total. The topological polar surface area (TPSA) is 40.5 Å². The molecule has 0 bridgehead atoms. The third-order valence-corrected chi connectivity index (χ3v) is 6.70. The van der Waals surface area contributed by atoms with Crippen LogP contribution in [0.1, 0.15) is 45.1 Å². The van der Waals surface area contributed by atoms with E-state index >= 15 is 0 Å². The molecule has 122 valence electrons. The van der Waals surface area contributed by atoms with Crippen LogP contribution in [0.3, 0.4) is 0 Å². The summed E-state index contributed by atoms with van der Waals surface area (Å²) >= 11 is 0. The molecule has 0 aromatic heterocycles. The fraction of sp³-hybridized carbons (Fsp3) is 0.684. The summed E-state index contributed by atoms with van der Waals surface area (Å²) in [5.74, 6) is 1.96. The van der Waals surface area contributed by atoms with E-state index < -0.39 is 0 Å². The maximum atomic E-state index is 10.2. The summed E-state index contributed by atoms with van der Waals surface area (Å²) in [6, 6.07) is 6.32. The number of aromatic hydroxyl groups is 2. The highest BCUT2D eigenvalue weighted by atomic mass is 16.3. The summed E-state index contributed by atoms with van der Waals surface area (Å²) < 4.78 is 1.12. The van der Waals surface area contributed by atoms with E-state index in [0.717, 1.165) is 28.4 Å². The number of rotatable bonds is 2. The zero-order valence-electron chi connectivity index (χ0n) is 14.1. The van der Waals surface area contributed by atoms with Crippen molar-refractivity contribution < 1.29 is 14.7 Å². The van der Waals surface area contributed by atoms with Crippen LogP contribution >= 0.6 is 0 Å². The molecule has 2 aliphatic heterocycles. The van der Waals surface area contributed by atoms with Crippen LogP contribution in [0.5, 0.6) is 11.5 Å². The fourth-order valence-corrected chi connectivity index (χ4v) is 5.08. The van der Waals surface area contributed by atoms with E-state index in [4.69, 9.17) is 0 Å². The molecule has 1 aromatic carbocycles. The number of nitrogens with zero attached hydrogens (tertiary/aromatic N) is 1. The van der Waals surface area contributed by atoms with Crippen molar-refractivity contribution in [3.05, 3.63) is 23.8 Å². The Hall–Kier alpha value is -1.22. The first kappa shape index (κ1) is 15.7. The quantitative estimate of drug-likeness (QED) is 0.818. The zero-order valence-corrected chi connectivity index (χ0v) is 14.1. The number of hydrogen-bond donors (Lipinski definition) is 2. The van der Waals surface area contributed by atoms with E-state index in [2.05, 4.69) is 20.9 Å². The Morgan fingerprint density at radius 2 is 1.82 bits per heavy atom. The van der Waals surface area contributed by atoms with E-state index in [-0.39, 0.29) is 11.5 Å². The molecular weight excluding hydrogens is 274 g/mol. The van der Waals surface area contributed by atoms with Crippen molar-refractivity contribution in [3.8, 4) is 11.5 Å². The summed E-state index contributed by atoms with van der Waals surface area (Å²) in [4.78, 5) is 0. The van der Waals surface area contributed by atoms with Gasteiger partial charge in [0.1, 0.15) is 11.5 Å². The lowest BCUT2D eigenvalue weighted by Gasteiger charge is -2.57. The van der Waals surface area contributed by atoms with Gasteiger partial charge in [-0.3, -0.25) is 0 Å². The standard InChI is InChI=1S/C19H29NO2/c1-13-11-15(12-16-18(21)8-6-9-19(16)22)20(3)10-5-4-7-17(20)14(13)2/h6,8-9,13-15,17H,4-5,7,10-12H2,1-3H3,(H-,21,22)/p+1. The molecule has 2 aliphatic rings. The number of likely N-dealkylation sites (N-methyl/N-ethyl adjacent to an activating group) is 1. The molecule has 0 aliphatic carbocycles. The van der Waals surface area contributed by atoms with Crippen LogP contribution in [-0.2, 0) is 6.42 Å². The second-order valence-corrected chi connectivity index (χ2v) is 7.84. The molecule has 5 unspecified atom stereocenters. The second kappa shape index (κ2) is 5.77. The van der Waals surface area contributed by atoms with Crippen LogP contribution in [0, 0.1) is 11.8 Å². The van der Waals surface area contributed by atoms with Crippen molar-refractivity contribution in [2.45, 2.75) is 58.0 Å². The Morgan fingerprint density at radius 3 is 2.50 bits per heavy atom. The lowest BCUT2D eigenvalue weighted by molar-refractivity contribution is -0.970. The number of phenols is 2. The van der Waals surface area contributed by atoms with E-state index in [9.17, 15) is 10.2 Å². The van der Waals surface area contributed by atoms with Crippen molar-refractivity contribution in [2.75, 3.05) is 13.6 Å². The molecule has 2 heterocycles. The summed E-state index contributed by atoms with van der Waals surface area (Å²) in [5, 5.41) is 20.3. The van der Waals surface area contributed by atoms with E-state index in [1.165, 1.54) is 32.2 Å². The largest absolute Gasteiger partial charge is 0.508 e. The van der Waals surface area contributed by atoms with Crippen LogP contribution in [0.25, 0.3) is 0 Å². The molecule has 0 amide bonds. The number of phenolic OH excluding ortho intramolecular Hbond substituents is 2. The van der Waals surface area contributed by atoms with Crippen LogP contribution in [0.4, 0.5) is 0 Å². The van der Waals surface area contributed by atoms with Gasteiger partial charge in [0.15, 0.2) is 0 Å². The molecule has 1 aromatic rings. The van der Waals surface area contributed by atoms with Crippen molar-refractivity contribution in [1.82, 2.24) is 0 Å². The molecule has 0 radical (unpaired) electrons. The minimum absolute atomic E-state index is 0.242. The SMILES string of the molecule is CC1CC(Cc2c(O)cccc2O)[N+]2(C)CCCCC2C1C. The van der Waals surface area contributed by atoms with Gasteiger partial charge < -0.3 is 14.7 Å². The lowest BCUT2D eigenvalue weighted by atomic mass is 9.72. The second-order valence-electron chi connectivity index (χ2n) is 7.84. The van der Waals surface area contributed by atoms with Crippen LogP contribution in [0.15, 0.2) is 18.2 Å². The molecule has 0 saturated carbocycles. The molecule has 3 heteroatoms. The first-order valence-electron chi connectivity index (χ1n) is 8.78. The van der Waals surface area contributed by atoms with Gasteiger partial charge in [-0.25, -0.2) is 0 Å². The molecular formula is C19H30NO2+. The first-order chi connectivity index (χ1) is 10.4. The van der Waals surface area contributed by atoms with Crippen molar-refractivity contribution in [3.63, 3.8) is 0 Å². The third kappa shape index (κ3) is 2.50. The minimum atomic E-state index is 0.242. The van der Waals surface area contributed by atoms with Gasteiger partial charge in [-0.15, -0.1) is 0 Å². The van der Waals surface area contributed by atoms with Crippen molar-refractivity contribution in [2.24, 2.45) is 11.8 Å². The number of piperidine rings is 2. The van der Waals surface area contributed by atoms with Crippen molar-refractivity contribution >= 4 is 0 Å². The Morgan fingerprint density at radius 1 is 1.14 bits per heavy atom. The lowest BCUT2D eigenvalue weighted by Crippen LogP contribution is -2.67. The summed E-state index contributed by atoms with van der Waals surface area (Å²) in [5.41, 5.74) is 0.734. The monoisotopic (exact) mass is 304 g/mol. The molecule has 2 fully saturated rings. The molecule has 3 rings (SSSR count). The molecule has 2 saturated heterocycles. The van der Waals surface area contributed by atoms with Crippen molar-refractivity contribution in [1.29, 1.82) is 0 Å². The summed E-state index contributed by atoms with van der Waals surface area (Å²) in [6.45, 7) is 6.03.